The van der Waals surface area contributed by atoms with E-state index in [0.29, 0.717) is 5.41 Å². The van der Waals surface area contributed by atoms with Crippen molar-refractivity contribution in [2.24, 2.45) is 0 Å². The zero-order valence-corrected chi connectivity index (χ0v) is 34.4. The molecule has 1 saturated carbocycles. The molecule has 0 unspecified atom stereocenters. The monoisotopic (exact) mass is 780 g/mol. The number of fused-ring (bicyclic) bond motifs is 3. The normalized spacial score (nSPS) is 13.5. The quantitative estimate of drug-likeness (QED) is 0.129. The van der Waals surface area contributed by atoms with Gasteiger partial charge in [-0.25, -0.2) is 0 Å². The van der Waals surface area contributed by atoms with Crippen molar-refractivity contribution < 1.29 is 0 Å². The Hall–Kier alpha value is -6.42. The van der Waals surface area contributed by atoms with Gasteiger partial charge >= 0.3 is 0 Å². The molecule has 1 heterocycles. The second-order valence-corrected chi connectivity index (χ2v) is 17.2. The summed E-state index contributed by atoms with van der Waals surface area (Å²) in [5.74, 6) is 0. The maximum Gasteiger partial charge on any atom is 0.0476 e. The fraction of sp³-hybridized carbons (Fsp3) is 0.143. The van der Waals surface area contributed by atoms with Crippen molar-refractivity contribution in [2.45, 2.75) is 50.9 Å². The van der Waals surface area contributed by atoms with Gasteiger partial charge in [-0.15, -0.1) is 11.3 Å². The van der Waals surface area contributed by atoms with Crippen LogP contribution in [0.5, 0.6) is 0 Å². The molecule has 3 heteroatoms. The Balaban J connectivity index is 1.05. The van der Waals surface area contributed by atoms with Gasteiger partial charge in [0.2, 0.25) is 0 Å². The summed E-state index contributed by atoms with van der Waals surface area (Å²) in [5, 5.41) is 2.62. The maximum absolute atomic E-state index is 2.42. The molecule has 288 valence electrons. The summed E-state index contributed by atoms with van der Waals surface area (Å²) in [4.78, 5) is 4.80. The topological polar surface area (TPSA) is 6.48 Å². The largest absolute Gasteiger partial charge is 0.311 e. The predicted molar refractivity (Wildman–Crippen MR) is 255 cm³/mol. The van der Waals surface area contributed by atoms with Crippen LogP contribution in [0.4, 0.5) is 34.1 Å². The second kappa shape index (κ2) is 16.1. The zero-order valence-electron chi connectivity index (χ0n) is 33.6. The van der Waals surface area contributed by atoms with Gasteiger partial charge in [0.05, 0.1) is 0 Å². The third-order valence-corrected chi connectivity index (χ3v) is 13.6. The molecule has 1 fully saturated rings. The van der Waals surface area contributed by atoms with Crippen molar-refractivity contribution in [3.05, 3.63) is 206 Å². The molecule has 1 aliphatic rings. The molecule has 0 radical (unpaired) electrons. The number of nitrogens with zero attached hydrogens (tertiary/aromatic N) is 2. The highest BCUT2D eigenvalue weighted by molar-refractivity contribution is 7.25. The molecule has 2 nitrogen and oxygen atoms in total. The van der Waals surface area contributed by atoms with E-state index in [1.165, 1.54) is 92.2 Å². The Kier molecular flexibility index (Phi) is 10.1. The van der Waals surface area contributed by atoms with E-state index in [9.17, 15) is 0 Å². The lowest BCUT2D eigenvalue weighted by molar-refractivity contribution is 0.401. The van der Waals surface area contributed by atoms with Crippen LogP contribution in [0.3, 0.4) is 0 Å². The molecule has 9 aromatic rings. The van der Waals surface area contributed by atoms with Crippen molar-refractivity contribution in [1.29, 1.82) is 0 Å². The molecule has 59 heavy (non-hydrogen) atoms. The minimum absolute atomic E-state index is 0.318. The van der Waals surface area contributed by atoms with Crippen LogP contribution >= 0.6 is 11.3 Å². The minimum atomic E-state index is 0.318. The first-order chi connectivity index (χ1) is 29.2. The molecule has 10 rings (SSSR count). The molecule has 0 saturated heterocycles. The number of hydrogen-bond donors (Lipinski definition) is 0. The Labute approximate surface area is 352 Å². The first kappa shape index (κ1) is 36.9. The van der Waals surface area contributed by atoms with Crippen LogP contribution in [0.15, 0.2) is 200 Å². The number of thiophene rings is 1. The van der Waals surface area contributed by atoms with E-state index in [0.717, 1.165) is 28.4 Å². The standard InChI is InChI=1S/C56H48N2S/c1-2-37-56(38-11-12-39-56)45-23-29-48(30-24-45)57(46-25-19-43(20-26-46)41-13-5-3-6-14-41)49-31-33-50(34-32-49)58(47-27-21-44(22-28-47)42-15-7-4-8-16-42)51-35-36-53-52-17-9-10-18-54(52)59-55(53)40-51/h3-10,13-36,40H,2,11-12,37-39H2,1H3. The highest BCUT2D eigenvalue weighted by Gasteiger charge is 2.34. The van der Waals surface area contributed by atoms with Crippen LogP contribution in [0, 0.1) is 0 Å². The zero-order chi connectivity index (χ0) is 39.6. The van der Waals surface area contributed by atoms with Crippen LogP contribution < -0.4 is 9.80 Å². The van der Waals surface area contributed by atoms with Gasteiger partial charge in [0.1, 0.15) is 0 Å². The lowest BCUT2D eigenvalue weighted by Gasteiger charge is -2.31. The number of anilines is 6. The number of hydrogen-bond acceptors (Lipinski definition) is 3. The van der Waals surface area contributed by atoms with Crippen LogP contribution in [0.1, 0.15) is 51.0 Å². The van der Waals surface area contributed by atoms with Gasteiger partial charge in [-0.2, -0.15) is 0 Å². The molecule has 0 aliphatic heterocycles. The number of rotatable bonds is 11. The summed E-state index contributed by atoms with van der Waals surface area (Å²) in [6, 6.07) is 73.6. The van der Waals surface area contributed by atoms with E-state index in [1.807, 2.05) is 11.3 Å². The number of benzene rings is 8. The maximum atomic E-state index is 2.42. The summed E-state index contributed by atoms with van der Waals surface area (Å²) >= 11 is 1.86. The fourth-order valence-electron chi connectivity index (χ4n) is 9.54. The van der Waals surface area contributed by atoms with Crippen LogP contribution in [0.25, 0.3) is 42.4 Å². The van der Waals surface area contributed by atoms with E-state index in [2.05, 4.69) is 217 Å². The van der Waals surface area contributed by atoms with Crippen molar-refractivity contribution >= 4 is 65.6 Å². The van der Waals surface area contributed by atoms with Crippen molar-refractivity contribution in [3.8, 4) is 22.3 Å². The molecule has 0 atom stereocenters. The highest BCUT2D eigenvalue weighted by atomic mass is 32.1. The van der Waals surface area contributed by atoms with Crippen LogP contribution in [0.2, 0.25) is 0 Å². The first-order valence-electron chi connectivity index (χ1n) is 21.2. The molecule has 1 aromatic heterocycles. The summed E-state index contributed by atoms with van der Waals surface area (Å²) in [7, 11) is 0. The summed E-state index contributed by atoms with van der Waals surface area (Å²) < 4.78 is 2.61. The third kappa shape index (κ3) is 7.21. The van der Waals surface area contributed by atoms with E-state index >= 15 is 0 Å². The van der Waals surface area contributed by atoms with Crippen molar-refractivity contribution in [2.75, 3.05) is 9.80 Å². The van der Waals surface area contributed by atoms with Gasteiger partial charge < -0.3 is 9.80 Å². The molecule has 0 N–H and O–H groups in total. The van der Waals surface area contributed by atoms with Crippen LogP contribution in [-0.2, 0) is 5.41 Å². The Morgan fingerprint density at radius 1 is 0.407 bits per heavy atom. The fourth-order valence-corrected chi connectivity index (χ4v) is 10.7. The summed E-state index contributed by atoms with van der Waals surface area (Å²) in [6.45, 7) is 2.34. The van der Waals surface area contributed by atoms with Crippen LogP contribution in [-0.4, -0.2) is 0 Å². The molecule has 0 spiro atoms. The Morgan fingerprint density at radius 3 is 1.34 bits per heavy atom. The van der Waals surface area contributed by atoms with Gasteiger partial charge in [-0.3, -0.25) is 0 Å². The Bertz CT molecular complexity index is 2800. The molecule has 0 bridgehead atoms. The molecule has 8 aromatic carbocycles. The lowest BCUT2D eigenvalue weighted by Crippen LogP contribution is -2.21. The SMILES string of the molecule is CCCC1(c2ccc(N(c3ccc(-c4ccccc4)cc3)c3ccc(N(c4ccc(-c5ccccc5)cc4)c4ccc5c(c4)sc4ccccc45)cc3)cc2)CCCC1. The molecular formula is C56H48N2S. The van der Waals surface area contributed by atoms with Gasteiger partial charge in [0.25, 0.3) is 0 Å². The van der Waals surface area contributed by atoms with E-state index in [1.54, 1.807) is 0 Å². The Morgan fingerprint density at radius 2 is 0.814 bits per heavy atom. The van der Waals surface area contributed by atoms with E-state index < -0.39 is 0 Å². The smallest absolute Gasteiger partial charge is 0.0476 e. The van der Waals surface area contributed by atoms with Gasteiger partial charge in [0, 0.05) is 54.3 Å². The van der Waals surface area contributed by atoms with E-state index in [4.69, 9.17) is 0 Å². The van der Waals surface area contributed by atoms with E-state index in [-0.39, 0.29) is 0 Å². The second-order valence-electron chi connectivity index (χ2n) is 16.1. The van der Waals surface area contributed by atoms with Gasteiger partial charge in [-0.1, -0.05) is 148 Å². The van der Waals surface area contributed by atoms with Gasteiger partial charge in [0.15, 0.2) is 0 Å². The predicted octanol–water partition coefficient (Wildman–Crippen LogP) is 16.9. The lowest BCUT2D eigenvalue weighted by atomic mass is 9.75. The molecule has 1 aliphatic carbocycles. The van der Waals surface area contributed by atoms with Gasteiger partial charge in [-0.05, 0) is 131 Å². The summed E-state index contributed by atoms with van der Waals surface area (Å²) in [5.41, 5.74) is 13.5. The first-order valence-corrected chi connectivity index (χ1v) is 22.0. The molecule has 0 amide bonds. The highest BCUT2D eigenvalue weighted by Crippen LogP contribution is 2.47. The summed E-state index contributed by atoms with van der Waals surface area (Å²) in [6.07, 6.45) is 7.75. The third-order valence-electron chi connectivity index (χ3n) is 12.5. The average Bonchev–Trinajstić information content (AvgIpc) is 3.94. The van der Waals surface area contributed by atoms with Crippen molar-refractivity contribution in [3.63, 3.8) is 0 Å². The minimum Gasteiger partial charge on any atom is -0.311 e. The van der Waals surface area contributed by atoms with Crippen molar-refractivity contribution in [1.82, 2.24) is 0 Å². The average molecular weight is 781 g/mol. The molecular weight excluding hydrogens is 733 g/mol.